The fourth-order valence-corrected chi connectivity index (χ4v) is 3.73. The van der Waals surface area contributed by atoms with Gasteiger partial charge >= 0.3 is 0 Å². The number of unbranched alkanes of at least 4 members (excludes halogenated alkanes) is 4. The van der Waals surface area contributed by atoms with Gasteiger partial charge in [-0.05, 0) is 50.8 Å². The number of aliphatic hydroxyl groups is 1. The van der Waals surface area contributed by atoms with E-state index < -0.39 is 5.60 Å². The van der Waals surface area contributed by atoms with Gasteiger partial charge in [0.25, 0.3) is 0 Å². The average molecular weight is 362 g/mol. The van der Waals surface area contributed by atoms with Crippen LogP contribution in [0.2, 0.25) is 0 Å². The van der Waals surface area contributed by atoms with Gasteiger partial charge in [0, 0.05) is 6.54 Å². The minimum Gasteiger partial charge on any atom is -0.390 e. The third kappa shape index (κ3) is 10.3. The van der Waals surface area contributed by atoms with Crippen molar-refractivity contribution < 1.29 is 5.11 Å². The molecule has 1 aromatic rings. The monoisotopic (exact) mass is 361 g/mol. The first-order valence-electron chi connectivity index (χ1n) is 11.1. The summed E-state index contributed by atoms with van der Waals surface area (Å²) in [5.74, 6) is 0. The minimum atomic E-state index is -0.447. The van der Waals surface area contributed by atoms with Crippen LogP contribution < -0.4 is 0 Å². The van der Waals surface area contributed by atoms with Crippen molar-refractivity contribution in [1.82, 2.24) is 4.90 Å². The van der Waals surface area contributed by atoms with Crippen LogP contribution in [-0.4, -0.2) is 35.2 Å². The van der Waals surface area contributed by atoms with Crippen LogP contribution in [0.25, 0.3) is 0 Å². The number of benzene rings is 1. The second kappa shape index (κ2) is 14.2. The Morgan fingerprint density at radius 3 is 1.92 bits per heavy atom. The normalized spacial score (nSPS) is 12.0. The van der Waals surface area contributed by atoms with Gasteiger partial charge in [0.2, 0.25) is 0 Å². The summed E-state index contributed by atoms with van der Waals surface area (Å²) in [4.78, 5) is 2.52. The second-order valence-corrected chi connectivity index (χ2v) is 7.91. The lowest BCUT2D eigenvalue weighted by atomic mass is 9.87. The molecule has 0 atom stereocenters. The average Bonchev–Trinajstić information content (AvgIpc) is 2.66. The van der Waals surface area contributed by atoms with E-state index in [1.807, 2.05) is 0 Å². The molecule has 2 nitrogen and oxygen atoms in total. The first kappa shape index (κ1) is 23.2. The van der Waals surface area contributed by atoms with Gasteiger partial charge in [-0.1, -0.05) is 89.6 Å². The lowest BCUT2D eigenvalue weighted by Crippen LogP contribution is -2.36. The Bertz CT molecular complexity index is 421. The van der Waals surface area contributed by atoms with Crippen molar-refractivity contribution in [3.63, 3.8) is 0 Å². The molecule has 0 saturated carbocycles. The van der Waals surface area contributed by atoms with Gasteiger partial charge in [0.1, 0.15) is 0 Å². The molecule has 150 valence electrons. The van der Waals surface area contributed by atoms with Crippen LogP contribution in [0.4, 0.5) is 0 Å². The van der Waals surface area contributed by atoms with Gasteiger partial charge in [-0.2, -0.15) is 0 Å². The van der Waals surface area contributed by atoms with Gasteiger partial charge in [0.05, 0.1) is 5.60 Å². The van der Waals surface area contributed by atoms with Crippen molar-refractivity contribution in [2.75, 3.05) is 19.6 Å². The molecule has 0 unspecified atom stereocenters. The van der Waals surface area contributed by atoms with Crippen molar-refractivity contribution in [2.24, 2.45) is 0 Å². The maximum absolute atomic E-state index is 11.2. The van der Waals surface area contributed by atoms with E-state index in [-0.39, 0.29) is 0 Å². The molecule has 0 fully saturated rings. The van der Waals surface area contributed by atoms with E-state index in [2.05, 4.69) is 56.0 Å². The summed E-state index contributed by atoms with van der Waals surface area (Å²) in [6, 6.07) is 10.8. The third-order valence-electron chi connectivity index (χ3n) is 5.61. The minimum absolute atomic E-state index is 0.447. The Balaban J connectivity index is 2.40. The standard InChI is InChI=1S/C24H43NO/c1-4-7-12-18-24(26,19-13-8-5-2)20-22-25(6-3)21-14-17-23-15-10-9-11-16-23/h9-11,15-16,26H,4-8,12-14,17-22H2,1-3H3. The Morgan fingerprint density at radius 1 is 0.769 bits per heavy atom. The number of nitrogens with zero attached hydrogens (tertiary/aromatic N) is 1. The largest absolute Gasteiger partial charge is 0.390 e. The van der Waals surface area contributed by atoms with Crippen LogP contribution in [0.1, 0.15) is 90.5 Å². The van der Waals surface area contributed by atoms with Crippen molar-refractivity contribution in [2.45, 2.75) is 97.0 Å². The molecule has 0 aliphatic heterocycles. The van der Waals surface area contributed by atoms with Crippen LogP contribution in [0.3, 0.4) is 0 Å². The van der Waals surface area contributed by atoms with Crippen molar-refractivity contribution >= 4 is 0 Å². The molecule has 0 aliphatic carbocycles. The molecule has 1 aromatic carbocycles. The van der Waals surface area contributed by atoms with Crippen LogP contribution >= 0.6 is 0 Å². The maximum Gasteiger partial charge on any atom is 0.0660 e. The first-order valence-corrected chi connectivity index (χ1v) is 11.1. The molecule has 0 spiro atoms. The van der Waals surface area contributed by atoms with Gasteiger partial charge in [-0.3, -0.25) is 0 Å². The zero-order valence-corrected chi connectivity index (χ0v) is 17.7. The highest BCUT2D eigenvalue weighted by atomic mass is 16.3. The molecule has 0 bridgehead atoms. The molecular weight excluding hydrogens is 318 g/mol. The molecule has 0 saturated heterocycles. The van der Waals surface area contributed by atoms with Gasteiger partial charge in [0.15, 0.2) is 0 Å². The number of hydrogen-bond acceptors (Lipinski definition) is 2. The lowest BCUT2D eigenvalue weighted by molar-refractivity contribution is 0.00125. The van der Waals surface area contributed by atoms with Crippen LogP contribution in [0.15, 0.2) is 30.3 Å². The summed E-state index contributed by atoms with van der Waals surface area (Å²) in [6.07, 6.45) is 12.5. The molecule has 0 aromatic heterocycles. The molecule has 26 heavy (non-hydrogen) atoms. The number of hydrogen-bond donors (Lipinski definition) is 1. The van der Waals surface area contributed by atoms with E-state index in [1.54, 1.807) is 0 Å². The smallest absolute Gasteiger partial charge is 0.0660 e. The van der Waals surface area contributed by atoms with E-state index in [0.29, 0.717) is 0 Å². The van der Waals surface area contributed by atoms with Gasteiger partial charge in [-0.25, -0.2) is 0 Å². The van der Waals surface area contributed by atoms with Gasteiger partial charge < -0.3 is 10.0 Å². The summed E-state index contributed by atoms with van der Waals surface area (Å²) in [7, 11) is 0. The number of aryl methyl sites for hydroxylation is 1. The quantitative estimate of drug-likeness (QED) is 0.353. The van der Waals surface area contributed by atoms with E-state index in [9.17, 15) is 5.11 Å². The fourth-order valence-electron chi connectivity index (χ4n) is 3.73. The molecule has 0 aliphatic rings. The van der Waals surface area contributed by atoms with Gasteiger partial charge in [-0.15, -0.1) is 0 Å². The Labute approximate surface area is 163 Å². The van der Waals surface area contributed by atoms with Crippen molar-refractivity contribution in [3.05, 3.63) is 35.9 Å². The molecule has 0 heterocycles. The van der Waals surface area contributed by atoms with E-state index in [0.717, 1.165) is 45.3 Å². The predicted molar refractivity (Wildman–Crippen MR) is 115 cm³/mol. The summed E-state index contributed by atoms with van der Waals surface area (Å²) in [6.45, 7) is 9.96. The fraction of sp³-hybridized carbons (Fsp3) is 0.750. The van der Waals surface area contributed by atoms with Crippen molar-refractivity contribution in [3.8, 4) is 0 Å². The SMILES string of the molecule is CCCCCC(O)(CCCCC)CCN(CC)CCCc1ccccc1. The van der Waals surface area contributed by atoms with Crippen LogP contribution in [-0.2, 0) is 6.42 Å². The van der Waals surface area contributed by atoms with Crippen LogP contribution in [0, 0.1) is 0 Å². The molecule has 1 rings (SSSR count). The van der Waals surface area contributed by atoms with Crippen molar-refractivity contribution in [1.29, 1.82) is 0 Å². The van der Waals surface area contributed by atoms with E-state index >= 15 is 0 Å². The first-order chi connectivity index (χ1) is 12.6. The van der Waals surface area contributed by atoms with Crippen LogP contribution in [0.5, 0.6) is 0 Å². The molecule has 0 radical (unpaired) electrons. The van der Waals surface area contributed by atoms with E-state index in [1.165, 1.54) is 50.5 Å². The summed E-state index contributed by atoms with van der Waals surface area (Å²) in [5, 5.41) is 11.2. The Hall–Kier alpha value is -0.860. The lowest BCUT2D eigenvalue weighted by Gasteiger charge is -2.31. The zero-order chi connectivity index (χ0) is 19.1. The molecule has 1 N–H and O–H groups in total. The molecular formula is C24H43NO. The molecule has 2 heteroatoms. The number of rotatable bonds is 16. The highest BCUT2D eigenvalue weighted by Crippen LogP contribution is 2.26. The second-order valence-electron chi connectivity index (χ2n) is 7.91. The summed E-state index contributed by atoms with van der Waals surface area (Å²) < 4.78 is 0. The molecule has 0 amide bonds. The maximum atomic E-state index is 11.2. The zero-order valence-electron chi connectivity index (χ0n) is 17.7. The Kier molecular flexibility index (Phi) is 12.7. The Morgan fingerprint density at radius 2 is 1.38 bits per heavy atom. The van der Waals surface area contributed by atoms with E-state index in [4.69, 9.17) is 0 Å². The highest BCUT2D eigenvalue weighted by Gasteiger charge is 2.26. The predicted octanol–water partition coefficient (Wildman–Crippen LogP) is 6.22. The third-order valence-corrected chi connectivity index (χ3v) is 5.61. The highest BCUT2D eigenvalue weighted by molar-refractivity contribution is 5.14. The summed E-state index contributed by atoms with van der Waals surface area (Å²) >= 11 is 0. The summed E-state index contributed by atoms with van der Waals surface area (Å²) in [5.41, 5.74) is 0.983. The topological polar surface area (TPSA) is 23.5 Å².